The molecule has 0 aromatic carbocycles. The van der Waals surface area contributed by atoms with Crippen LogP contribution in [0.1, 0.15) is 10.6 Å². The Labute approximate surface area is 114 Å². The topological polar surface area (TPSA) is 120 Å². The molecule has 0 spiro atoms. The Hall–Kier alpha value is -1.26. The largest absolute Gasteiger partial charge is 0.463 e. The fourth-order valence-corrected chi connectivity index (χ4v) is 3.96. The van der Waals surface area contributed by atoms with Gasteiger partial charge in [0.05, 0.1) is 18.6 Å². The lowest BCUT2D eigenvalue weighted by Crippen LogP contribution is -2.17. The van der Waals surface area contributed by atoms with E-state index in [9.17, 15) is 21.6 Å². The normalized spacial score (nSPS) is 12.1. The first-order valence-electron chi connectivity index (χ1n) is 4.72. The molecule has 1 heterocycles. The summed E-state index contributed by atoms with van der Waals surface area (Å²) in [5, 5.41) is -0.469. The smallest absolute Gasteiger partial charge is 0.376 e. The second-order valence-corrected chi connectivity index (χ2v) is 8.22. The van der Waals surface area contributed by atoms with Gasteiger partial charge in [-0.2, -0.15) is 0 Å². The number of nitrogens with zero attached hydrogens (tertiary/aromatic N) is 2. The molecular formula is C8H9ClN2O6S2. The standard InChI is InChI=1S/C8H9ClN2O6S2/c1-17-8(12)7-10-3-2-6(11-7)18(13,14)4-5-19(9,15)16/h2-3H,4-5H2,1H3. The van der Waals surface area contributed by atoms with Crippen molar-refractivity contribution >= 4 is 35.5 Å². The molecule has 1 aromatic heterocycles. The Morgan fingerprint density at radius 3 is 2.47 bits per heavy atom. The molecule has 0 amide bonds. The molecule has 0 aliphatic heterocycles. The fourth-order valence-electron chi connectivity index (χ4n) is 1.02. The Kier molecular flexibility index (Phi) is 4.82. The maximum absolute atomic E-state index is 11.8. The minimum absolute atomic E-state index is 0.433. The van der Waals surface area contributed by atoms with Gasteiger partial charge in [0.25, 0.3) is 0 Å². The number of ether oxygens (including phenoxy) is 1. The summed E-state index contributed by atoms with van der Waals surface area (Å²) in [5.74, 6) is -2.83. The third kappa shape index (κ3) is 4.73. The van der Waals surface area contributed by atoms with E-state index < -0.39 is 47.2 Å². The average molecular weight is 329 g/mol. The van der Waals surface area contributed by atoms with Gasteiger partial charge in [-0.15, -0.1) is 0 Å². The van der Waals surface area contributed by atoms with Crippen molar-refractivity contribution in [1.82, 2.24) is 9.97 Å². The third-order valence-corrected chi connectivity index (χ3v) is 4.93. The number of halogens is 1. The summed E-state index contributed by atoms with van der Waals surface area (Å²) in [5.41, 5.74) is 0. The number of sulfone groups is 1. The zero-order chi connectivity index (χ0) is 14.7. The number of esters is 1. The van der Waals surface area contributed by atoms with Gasteiger partial charge in [-0.3, -0.25) is 0 Å². The highest BCUT2D eigenvalue weighted by molar-refractivity contribution is 8.14. The summed E-state index contributed by atoms with van der Waals surface area (Å²) in [6.45, 7) is 0. The van der Waals surface area contributed by atoms with Gasteiger partial charge in [-0.05, 0) is 6.07 Å². The van der Waals surface area contributed by atoms with Crippen LogP contribution in [0.15, 0.2) is 17.3 Å². The van der Waals surface area contributed by atoms with Gasteiger partial charge in [-0.1, -0.05) is 0 Å². The minimum Gasteiger partial charge on any atom is -0.463 e. The van der Waals surface area contributed by atoms with Crippen LogP contribution >= 0.6 is 10.7 Å². The zero-order valence-corrected chi connectivity index (χ0v) is 12.0. The van der Waals surface area contributed by atoms with Crippen LogP contribution in [0.5, 0.6) is 0 Å². The maximum atomic E-state index is 11.8. The van der Waals surface area contributed by atoms with Gasteiger partial charge < -0.3 is 4.74 Å². The van der Waals surface area contributed by atoms with E-state index in [-0.39, 0.29) is 0 Å². The van der Waals surface area contributed by atoms with E-state index in [2.05, 4.69) is 14.7 Å². The molecule has 0 unspecified atom stereocenters. The molecule has 0 aliphatic carbocycles. The van der Waals surface area contributed by atoms with Crippen molar-refractivity contribution in [3.63, 3.8) is 0 Å². The van der Waals surface area contributed by atoms with E-state index in [1.54, 1.807) is 0 Å². The lowest BCUT2D eigenvalue weighted by Gasteiger charge is -2.03. The van der Waals surface area contributed by atoms with Crippen LogP contribution in [0, 0.1) is 0 Å². The predicted octanol–water partition coefficient (Wildman–Crippen LogP) is -0.394. The summed E-state index contributed by atoms with van der Waals surface area (Å²) in [6, 6.07) is 1.04. The number of rotatable bonds is 5. The molecule has 0 fully saturated rings. The van der Waals surface area contributed by atoms with Crippen molar-refractivity contribution in [3.8, 4) is 0 Å². The van der Waals surface area contributed by atoms with Gasteiger partial charge in [0.15, 0.2) is 14.9 Å². The Morgan fingerprint density at radius 2 is 1.95 bits per heavy atom. The van der Waals surface area contributed by atoms with Crippen LogP contribution in [0.2, 0.25) is 0 Å². The van der Waals surface area contributed by atoms with Gasteiger partial charge in [0, 0.05) is 16.9 Å². The van der Waals surface area contributed by atoms with Crippen molar-refractivity contribution in [2.45, 2.75) is 5.03 Å². The molecule has 1 rings (SSSR count). The number of hydrogen-bond acceptors (Lipinski definition) is 8. The summed E-state index contributed by atoms with van der Waals surface area (Å²) >= 11 is 0. The van der Waals surface area contributed by atoms with Crippen molar-refractivity contribution in [1.29, 1.82) is 0 Å². The molecule has 0 aliphatic rings. The van der Waals surface area contributed by atoms with Gasteiger partial charge in [0.1, 0.15) is 0 Å². The predicted molar refractivity (Wildman–Crippen MR) is 65.1 cm³/mol. The van der Waals surface area contributed by atoms with Crippen molar-refractivity contribution < 1.29 is 26.4 Å². The first-order chi connectivity index (χ1) is 8.65. The minimum atomic E-state index is -3.98. The Morgan fingerprint density at radius 1 is 1.32 bits per heavy atom. The SMILES string of the molecule is COC(=O)c1nccc(S(=O)(=O)CCS(=O)(=O)Cl)n1. The Balaban J connectivity index is 3.05. The van der Waals surface area contributed by atoms with E-state index >= 15 is 0 Å². The average Bonchev–Trinajstić information content (AvgIpc) is 2.35. The molecule has 0 atom stereocenters. The summed E-state index contributed by atoms with van der Waals surface area (Å²) in [4.78, 5) is 18.2. The van der Waals surface area contributed by atoms with E-state index in [0.29, 0.717) is 0 Å². The monoisotopic (exact) mass is 328 g/mol. The fraction of sp³-hybridized carbons (Fsp3) is 0.375. The molecule has 0 saturated heterocycles. The number of methoxy groups -OCH3 is 1. The van der Waals surface area contributed by atoms with Crippen LogP contribution in [0.3, 0.4) is 0 Å². The van der Waals surface area contributed by atoms with E-state index in [4.69, 9.17) is 10.7 Å². The second-order valence-electron chi connectivity index (χ2n) is 3.27. The molecule has 106 valence electrons. The van der Waals surface area contributed by atoms with Gasteiger partial charge in [-0.25, -0.2) is 31.6 Å². The van der Waals surface area contributed by atoms with Gasteiger partial charge in [0.2, 0.25) is 14.9 Å². The number of carbonyl (C=O) groups excluding carboxylic acids is 1. The van der Waals surface area contributed by atoms with Crippen molar-refractivity contribution in [2.24, 2.45) is 0 Å². The van der Waals surface area contributed by atoms with Crippen LogP contribution in [0.4, 0.5) is 0 Å². The van der Waals surface area contributed by atoms with Crippen molar-refractivity contribution in [3.05, 3.63) is 18.1 Å². The van der Waals surface area contributed by atoms with E-state index in [1.165, 1.54) is 0 Å². The number of aromatic nitrogens is 2. The quantitative estimate of drug-likeness (QED) is 0.407. The third-order valence-electron chi connectivity index (χ3n) is 1.91. The lowest BCUT2D eigenvalue weighted by molar-refractivity contribution is 0.0585. The highest BCUT2D eigenvalue weighted by Crippen LogP contribution is 2.10. The molecular weight excluding hydrogens is 320 g/mol. The van der Waals surface area contributed by atoms with Crippen LogP contribution < -0.4 is 0 Å². The van der Waals surface area contributed by atoms with Crippen LogP contribution in [-0.2, 0) is 23.6 Å². The summed E-state index contributed by atoms with van der Waals surface area (Å²) in [7, 11) is -1.90. The highest BCUT2D eigenvalue weighted by atomic mass is 35.7. The molecule has 19 heavy (non-hydrogen) atoms. The molecule has 0 N–H and O–H groups in total. The number of hydrogen-bond donors (Lipinski definition) is 0. The molecule has 8 nitrogen and oxygen atoms in total. The molecule has 11 heteroatoms. The number of carbonyl (C=O) groups is 1. The first-order valence-corrected chi connectivity index (χ1v) is 8.85. The Bertz CT molecular complexity index is 685. The van der Waals surface area contributed by atoms with Crippen LogP contribution in [0.25, 0.3) is 0 Å². The van der Waals surface area contributed by atoms with Crippen molar-refractivity contribution in [2.75, 3.05) is 18.6 Å². The maximum Gasteiger partial charge on any atom is 0.376 e. The summed E-state index contributed by atoms with van der Waals surface area (Å²) in [6.07, 6.45) is 1.06. The second kappa shape index (κ2) is 5.80. The zero-order valence-electron chi connectivity index (χ0n) is 9.61. The molecule has 0 saturated carbocycles. The van der Waals surface area contributed by atoms with Crippen LogP contribution in [-0.4, -0.2) is 51.4 Å². The lowest BCUT2D eigenvalue weighted by atomic mass is 10.5. The summed E-state index contributed by atoms with van der Waals surface area (Å²) < 4.78 is 49.3. The first kappa shape index (κ1) is 15.8. The molecule has 0 radical (unpaired) electrons. The highest BCUT2D eigenvalue weighted by Gasteiger charge is 2.21. The molecule has 0 bridgehead atoms. The van der Waals surface area contributed by atoms with Gasteiger partial charge >= 0.3 is 5.97 Å². The van der Waals surface area contributed by atoms with E-state index in [1.807, 2.05) is 0 Å². The molecule has 1 aromatic rings. The van der Waals surface area contributed by atoms with E-state index in [0.717, 1.165) is 19.4 Å².